The van der Waals surface area contributed by atoms with Gasteiger partial charge < -0.3 is 15.8 Å². The van der Waals surface area contributed by atoms with E-state index in [9.17, 15) is 14.4 Å². The van der Waals surface area contributed by atoms with Crippen molar-refractivity contribution in [2.75, 3.05) is 18.2 Å². The second kappa shape index (κ2) is 12.4. The fraction of sp³-hybridized carbons (Fsp3) is 0.133. The first kappa shape index (κ1) is 28.7. The fourth-order valence-electron chi connectivity index (χ4n) is 4.48. The summed E-state index contributed by atoms with van der Waals surface area (Å²) in [5.74, 6) is -1.19. The lowest BCUT2D eigenvalue weighted by Gasteiger charge is -2.12. The number of carbonyl (C=O) groups excluding carboxylic acids is 3. The van der Waals surface area contributed by atoms with Crippen molar-refractivity contribution in [1.29, 1.82) is 0 Å². The lowest BCUT2D eigenvalue weighted by molar-refractivity contribution is -0.113. The molecule has 2 amide bonds. The lowest BCUT2D eigenvalue weighted by atomic mass is 10.0. The average Bonchev–Trinajstić information content (AvgIpc) is 3.55. The number of ether oxygens (including phenoxy) is 1. The highest BCUT2D eigenvalue weighted by Crippen LogP contribution is 2.35. The van der Waals surface area contributed by atoms with E-state index in [4.69, 9.17) is 15.5 Å². The predicted molar refractivity (Wildman–Crippen MR) is 165 cm³/mol. The number of primary amides is 1. The number of nitrogens with zero attached hydrogens (tertiary/aromatic N) is 4. The van der Waals surface area contributed by atoms with Crippen LogP contribution in [0, 0.1) is 6.92 Å². The van der Waals surface area contributed by atoms with E-state index in [1.165, 1.54) is 18.9 Å². The zero-order valence-electron chi connectivity index (χ0n) is 22.8. The number of methoxy groups -OCH3 is 1. The van der Waals surface area contributed by atoms with E-state index >= 15 is 0 Å². The molecule has 10 nitrogen and oxygen atoms in total. The van der Waals surface area contributed by atoms with Crippen LogP contribution in [0.25, 0.3) is 33.5 Å². The van der Waals surface area contributed by atoms with Crippen LogP contribution < -0.4 is 11.1 Å². The van der Waals surface area contributed by atoms with Crippen molar-refractivity contribution >= 4 is 56.8 Å². The minimum absolute atomic E-state index is 0.0366. The zero-order chi connectivity index (χ0) is 29.8. The van der Waals surface area contributed by atoms with Crippen LogP contribution in [-0.2, 0) is 16.1 Å². The van der Waals surface area contributed by atoms with Crippen LogP contribution in [0.1, 0.15) is 25.6 Å². The van der Waals surface area contributed by atoms with E-state index in [0.717, 1.165) is 39.1 Å². The van der Waals surface area contributed by atoms with Gasteiger partial charge >= 0.3 is 5.97 Å². The minimum atomic E-state index is -0.693. The number of nitrogens with one attached hydrogen (secondary N) is 1. The van der Waals surface area contributed by atoms with Crippen molar-refractivity contribution in [2.45, 2.75) is 18.6 Å². The maximum absolute atomic E-state index is 13.0. The van der Waals surface area contributed by atoms with Gasteiger partial charge in [0.25, 0.3) is 5.91 Å². The van der Waals surface area contributed by atoms with Crippen molar-refractivity contribution in [3.63, 3.8) is 0 Å². The first-order valence-corrected chi connectivity index (χ1v) is 14.6. The molecule has 0 atom stereocenters. The van der Waals surface area contributed by atoms with Gasteiger partial charge in [-0.25, -0.2) is 9.78 Å². The van der Waals surface area contributed by atoms with Crippen molar-refractivity contribution in [1.82, 2.24) is 19.7 Å². The van der Waals surface area contributed by atoms with Crippen molar-refractivity contribution < 1.29 is 19.1 Å². The van der Waals surface area contributed by atoms with Crippen molar-refractivity contribution in [2.24, 2.45) is 5.73 Å². The quantitative estimate of drug-likeness (QED) is 0.125. The SMILES string of the molecule is C=CCn1c(SCC(=O)Nc2sc(C(N)=O)c(C)c2C(=O)OC)nnc1-c1cc(-c2ccccc2)nc2ccccc12. The number of aromatic nitrogens is 4. The van der Waals surface area contributed by atoms with E-state index in [1.807, 2.05) is 65.2 Å². The summed E-state index contributed by atoms with van der Waals surface area (Å²) >= 11 is 2.12. The molecule has 0 bridgehead atoms. The van der Waals surface area contributed by atoms with Gasteiger partial charge in [-0.1, -0.05) is 66.4 Å². The number of hydrogen-bond acceptors (Lipinski definition) is 9. The molecule has 42 heavy (non-hydrogen) atoms. The molecule has 0 saturated heterocycles. The summed E-state index contributed by atoms with van der Waals surface area (Å²) in [5, 5.41) is 13.2. The number of para-hydroxylation sites is 1. The van der Waals surface area contributed by atoms with Crippen molar-refractivity contribution in [3.05, 3.63) is 89.3 Å². The van der Waals surface area contributed by atoms with Crippen LogP contribution in [0.3, 0.4) is 0 Å². The largest absolute Gasteiger partial charge is 0.465 e. The number of thioether (sulfide) groups is 1. The van der Waals surface area contributed by atoms with Crippen LogP contribution in [-0.4, -0.2) is 50.4 Å². The highest BCUT2D eigenvalue weighted by Gasteiger charge is 2.26. The van der Waals surface area contributed by atoms with Gasteiger partial charge in [0.15, 0.2) is 11.0 Å². The van der Waals surface area contributed by atoms with Gasteiger partial charge in [0.05, 0.1) is 34.5 Å². The van der Waals surface area contributed by atoms with Crippen LogP contribution in [0.2, 0.25) is 0 Å². The summed E-state index contributed by atoms with van der Waals surface area (Å²) in [4.78, 5) is 42.2. The monoisotopic (exact) mass is 598 g/mol. The summed E-state index contributed by atoms with van der Waals surface area (Å²) in [7, 11) is 1.23. The third kappa shape index (κ3) is 5.67. The lowest BCUT2D eigenvalue weighted by Crippen LogP contribution is -2.16. The maximum Gasteiger partial charge on any atom is 0.341 e. The number of carbonyl (C=O) groups is 3. The Balaban J connectivity index is 1.45. The predicted octanol–water partition coefficient (Wildman–Crippen LogP) is 5.33. The first-order valence-electron chi connectivity index (χ1n) is 12.8. The maximum atomic E-state index is 13.0. The molecule has 0 aliphatic carbocycles. The molecule has 0 aliphatic rings. The molecule has 2 aromatic carbocycles. The van der Waals surface area contributed by atoms with Gasteiger partial charge in [0.1, 0.15) is 5.00 Å². The molecule has 0 fully saturated rings. The van der Waals surface area contributed by atoms with Crippen LogP contribution in [0.15, 0.2) is 78.5 Å². The number of esters is 1. The van der Waals surface area contributed by atoms with E-state index in [2.05, 4.69) is 22.1 Å². The molecule has 0 saturated carbocycles. The van der Waals surface area contributed by atoms with Crippen LogP contribution in [0.4, 0.5) is 5.00 Å². The Kier molecular flexibility index (Phi) is 8.46. The van der Waals surface area contributed by atoms with Gasteiger partial charge in [0.2, 0.25) is 5.91 Å². The average molecular weight is 599 g/mol. The van der Waals surface area contributed by atoms with Crippen LogP contribution >= 0.6 is 23.1 Å². The molecule has 3 aromatic heterocycles. The Labute approximate surface area is 249 Å². The summed E-state index contributed by atoms with van der Waals surface area (Å²) in [6, 6.07) is 19.7. The molecule has 0 radical (unpaired) electrons. The number of pyridine rings is 1. The molecule has 0 aliphatic heterocycles. The molecule has 212 valence electrons. The standard InChI is InChI=1S/C30H26N6O4S2/c1-4-14-36-27(20-15-22(18-10-6-5-7-11-18)32-21-13-9-8-12-19(20)21)34-35-30(36)41-16-23(37)33-28-24(29(39)40-3)17(2)25(42-28)26(31)38/h4-13,15H,1,14,16H2,2-3H3,(H2,31,38)(H,33,37). The Morgan fingerprint density at radius 1 is 1.12 bits per heavy atom. The van der Waals surface area contributed by atoms with Gasteiger partial charge in [-0.2, -0.15) is 0 Å². The van der Waals surface area contributed by atoms with Crippen molar-refractivity contribution in [3.8, 4) is 22.6 Å². The number of thiophene rings is 1. The molecule has 5 aromatic rings. The molecule has 12 heteroatoms. The minimum Gasteiger partial charge on any atom is -0.465 e. The summed E-state index contributed by atoms with van der Waals surface area (Å²) in [5.41, 5.74) is 9.35. The first-order chi connectivity index (χ1) is 20.3. The number of benzene rings is 2. The van der Waals surface area contributed by atoms with Gasteiger partial charge in [-0.15, -0.1) is 28.1 Å². The molecule has 3 N–H and O–H groups in total. The molecular formula is C30H26N6O4S2. The fourth-order valence-corrected chi connectivity index (χ4v) is 6.29. The van der Waals surface area contributed by atoms with E-state index < -0.39 is 17.8 Å². The highest BCUT2D eigenvalue weighted by molar-refractivity contribution is 7.99. The number of rotatable bonds is 10. The second-order valence-electron chi connectivity index (χ2n) is 9.10. The number of fused-ring (bicyclic) bond motifs is 1. The normalized spacial score (nSPS) is 10.9. The molecule has 0 unspecified atom stereocenters. The third-order valence-electron chi connectivity index (χ3n) is 6.40. The van der Waals surface area contributed by atoms with E-state index in [-0.39, 0.29) is 21.2 Å². The topological polar surface area (TPSA) is 142 Å². The summed E-state index contributed by atoms with van der Waals surface area (Å²) in [6.07, 6.45) is 1.74. The Morgan fingerprint density at radius 3 is 2.57 bits per heavy atom. The number of hydrogen-bond donors (Lipinski definition) is 2. The Morgan fingerprint density at radius 2 is 1.86 bits per heavy atom. The number of allylic oxidation sites excluding steroid dienone is 1. The molecule has 3 heterocycles. The number of nitrogens with two attached hydrogens (primary N) is 1. The molecule has 0 spiro atoms. The number of anilines is 1. The van der Waals surface area contributed by atoms with Gasteiger partial charge in [0, 0.05) is 23.1 Å². The van der Waals surface area contributed by atoms with Crippen LogP contribution in [0.5, 0.6) is 0 Å². The van der Waals surface area contributed by atoms with Gasteiger partial charge in [-0.05, 0) is 24.6 Å². The summed E-state index contributed by atoms with van der Waals surface area (Å²) in [6.45, 7) is 5.88. The number of amides is 2. The molecular weight excluding hydrogens is 573 g/mol. The third-order valence-corrected chi connectivity index (χ3v) is 8.59. The van der Waals surface area contributed by atoms with E-state index in [0.29, 0.717) is 23.1 Å². The molecule has 5 rings (SSSR count). The zero-order valence-corrected chi connectivity index (χ0v) is 24.4. The Hall–Kier alpha value is -4.81. The summed E-state index contributed by atoms with van der Waals surface area (Å²) < 4.78 is 6.73. The highest BCUT2D eigenvalue weighted by atomic mass is 32.2. The van der Waals surface area contributed by atoms with E-state index in [1.54, 1.807) is 13.0 Å². The second-order valence-corrected chi connectivity index (χ2v) is 11.1. The van der Waals surface area contributed by atoms with Gasteiger partial charge in [-0.3, -0.25) is 14.2 Å². The smallest absolute Gasteiger partial charge is 0.341 e. The Bertz CT molecular complexity index is 1830.